The number of carbonyl (C=O) groups is 4. The number of halogens is 1. The van der Waals surface area contributed by atoms with Gasteiger partial charge in [0.15, 0.2) is 0 Å². The number of likely N-dealkylation sites (tertiary alicyclic amines) is 1. The smallest absolute Gasteiger partial charge is 0.253 e. The number of pyridine rings is 1. The van der Waals surface area contributed by atoms with Crippen LogP contribution in [0.4, 0.5) is 5.82 Å². The predicted octanol–water partition coefficient (Wildman–Crippen LogP) is 5.50. The van der Waals surface area contributed by atoms with Crippen molar-refractivity contribution in [2.75, 3.05) is 31.6 Å². The molecule has 3 aromatic rings. The molecule has 1 saturated carbocycles. The van der Waals surface area contributed by atoms with Gasteiger partial charge >= 0.3 is 0 Å². The minimum atomic E-state index is -0.964. The van der Waals surface area contributed by atoms with Crippen molar-refractivity contribution in [2.45, 2.75) is 111 Å². The van der Waals surface area contributed by atoms with Crippen molar-refractivity contribution >= 4 is 41.0 Å². The van der Waals surface area contributed by atoms with E-state index >= 15 is 0 Å². The monoisotopic (exact) mass is 882 g/mol. The van der Waals surface area contributed by atoms with Crippen LogP contribution in [0.2, 0.25) is 5.02 Å². The lowest BCUT2D eigenvalue weighted by Gasteiger charge is -2.63. The maximum absolute atomic E-state index is 13.8. The molecule has 2 aliphatic rings. The Labute approximate surface area is 374 Å². The molecule has 3 atom stereocenters. The number of hydrogen-bond donors (Lipinski definition) is 5. The number of ether oxygens (including phenoxy) is 2. The first kappa shape index (κ1) is 48.3. The summed E-state index contributed by atoms with van der Waals surface area (Å²) in [5, 5.41) is 41.1. The third-order valence-electron chi connectivity index (χ3n) is 11.8. The third kappa shape index (κ3) is 12.0. The van der Waals surface area contributed by atoms with Crippen LogP contribution in [0.1, 0.15) is 101 Å². The van der Waals surface area contributed by atoms with Crippen LogP contribution in [0.3, 0.4) is 0 Å². The maximum atomic E-state index is 13.8. The van der Waals surface area contributed by atoms with E-state index in [1.165, 1.54) is 4.90 Å². The van der Waals surface area contributed by atoms with Crippen LogP contribution in [-0.2, 0) is 25.7 Å². The number of carbonyl (C=O) groups excluding carboxylic acids is 4. The van der Waals surface area contributed by atoms with Crippen molar-refractivity contribution in [1.82, 2.24) is 25.8 Å². The standard InChI is InChI=1S/C47H59ClN8O7/c1-45(2,3)39(42(61)56-27-33(57)21-36(56)41(60)53-25-30-13-11-29(23-49)12-14-30)54-38(58)28-62-20-10-8-9-19-51-37-18-16-32(26-52-37)40(59)55-43-46(4,5)44(47(43,6)7)63-34-17-15-31(24-50)35(48)22-34/h11-18,22,26,33,36,39,43-44,57H,8-10,19-21,25,27-28H2,1-7H3,(H,51,52)(H,53,60)(H,54,58)(H,55,59)/t33-,36+,39?,43?,44?/m1/s1. The summed E-state index contributed by atoms with van der Waals surface area (Å²) in [5.41, 5.74) is 0.608. The van der Waals surface area contributed by atoms with E-state index in [0.717, 1.165) is 18.4 Å². The third-order valence-corrected chi connectivity index (χ3v) is 12.1. The molecule has 63 heavy (non-hydrogen) atoms. The molecule has 2 aromatic carbocycles. The Balaban J connectivity index is 0.991. The molecule has 1 aromatic heterocycles. The molecule has 1 aliphatic heterocycles. The fourth-order valence-corrected chi connectivity index (χ4v) is 8.87. The van der Waals surface area contributed by atoms with Crippen LogP contribution in [0.25, 0.3) is 0 Å². The Kier molecular flexibility index (Phi) is 15.8. The number of anilines is 1. The second kappa shape index (κ2) is 20.6. The van der Waals surface area contributed by atoms with Crippen molar-refractivity contribution in [3.8, 4) is 17.9 Å². The Morgan fingerprint density at radius 2 is 1.70 bits per heavy atom. The maximum Gasteiger partial charge on any atom is 0.253 e. The summed E-state index contributed by atoms with van der Waals surface area (Å²) >= 11 is 6.22. The van der Waals surface area contributed by atoms with E-state index in [-0.39, 0.29) is 44.2 Å². The molecular formula is C47H59ClN8O7. The quantitative estimate of drug-likeness (QED) is 0.101. The van der Waals surface area contributed by atoms with Crippen molar-refractivity contribution in [1.29, 1.82) is 10.5 Å². The summed E-state index contributed by atoms with van der Waals surface area (Å²) in [6.07, 6.45) is 2.85. The SMILES string of the molecule is CC(C)(C)C(NC(=O)COCCCCCNc1ccc(C(=O)NC2C(C)(C)C(Oc3ccc(C#N)c(Cl)c3)C2(C)C)cn1)C(=O)N1C[C@H](O)C[C@H]1C(=O)NCc1ccc(C#N)cc1. The molecule has 0 spiro atoms. The Hall–Kier alpha value is -5.74. The molecule has 0 bridgehead atoms. The summed E-state index contributed by atoms with van der Waals surface area (Å²) in [6.45, 7) is 14.6. The van der Waals surface area contributed by atoms with Crippen LogP contribution in [0.5, 0.6) is 5.75 Å². The van der Waals surface area contributed by atoms with Gasteiger partial charge in [-0.05, 0) is 66.6 Å². The van der Waals surface area contributed by atoms with E-state index in [0.29, 0.717) is 52.9 Å². The molecule has 16 heteroatoms. The van der Waals surface area contributed by atoms with Gasteiger partial charge in [0.1, 0.15) is 42.4 Å². The number of nitrogens with zero attached hydrogens (tertiary/aromatic N) is 4. The lowest BCUT2D eigenvalue weighted by atomic mass is 9.49. The molecule has 1 aliphatic carbocycles. The first-order chi connectivity index (χ1) is 29.8. The Morgan fingerprint density at radius 3 is 2.32 bits per heavy atom. The average Bonchev–Trinajstić information content (AvgIpc) is 3.65. The van der Waals surface area contributed by atoms with Gasteiger partial charge < -0.3 is 40.7 Å². The summed E-state index contributed by atoms with van der Waals surface area (Å²) in [7, 11) is 0. The van der Waals surface area contributed by atoms with E-state index in [1.54, 1.807) is 60.8 Å². The Morgan fingerprint density at radius 1 is 0.984 bits per heavy atom. The number of nitrogens with one attached hydrogen (secondary N) is 4. The molecule has 336 valence electrons. The topological polar surface area (TPSA) is 219 Å². The zero-order valence-electron chi connectivity index (χ0n) is 37.1. The van der Waals surface area contributed by atoms with Gasteiger partial charge in [-0.1, -0.05) is 72.2 Å². The molecule has 0 radical (unpaired) electrons. The molecule has 2 fully saturated rings. The largest absolute Gasteiger partial charge is 0.489 e. The number of nitriles is 2. The van der Waals surface area contributed by atoms with Crippen LogP contribution in [0.15, 0.2) is 60.8 Å². The molecule has 2 heterocycles. The second-order valence-electron chi connectivity index (χ2n) is 18.6. The van der Waals surface area contributed by atoms with Gasteiger partial charge in [-0.25, -0.2) is 4.98 Å². The van der Waals surface area contributed by atoms with E-state index in [9.17, 15) is 29.5 Å². The zero-order valence-corrected chi connectivity index (χ0v) is 37.8. The first-order valence-electron chi connectivity index (χ1n) is 21.3. The van der Waals surface area contributed by atoms with Crippen molar-refractivity contribution in [2.24, 2.45) is 16.2 Å². The number of aromatic nitrogens is 1. The number of amides is 4. The number of unbranched alkanes of at least 4 members (excludes halogenated alkanes) is 2. The number of aliphatic hydroxyl groups excluding tert-OH is 1. The summed E-state index contributed by atoms with van der Waals surface area (Å²) < 4.78 is 12.0. The first-order valence-corrected chi connectivity index (χ1v) is 21.6. The van der Waals surface area contributed by atoms with Gasteiger partial charge in [0, 0.05) is 61.8 Å². The summed E-state index contributed by atoms with van der Waals surface area (Å²) in [4.78, 5) is 59.1. The van der Waals surface area contributed by atoms with Crippen LogP contribution < -0.4 is 26.0 Å². The van der Waals surface area contributed by atoms with E-state index < -0.39 is 52.2 Å². The number of β-amino-alcohol motifs (C(OH)–C–C–N with tert-alkyl or cyclic N) is 1. The highest BCUT2D eigenvalue weighted by atomic mass is 35.5. The lowest BCUT2D eigenvalue weighted by Crippen LogP contribution is -2.74. The second-order valence-corrected chi connectivity index (χ2v) is 19.0. The fourth-order valence-electron chi connectivity index (χ4n) is 8.66. The van der Waals surface area contributed by atoms with Crippen LogP contribution in [-0.4, -0.2) is 95.3 Å². The van der Waals surface area contributed by atoms with E-state index in [2.05, 4.69) is 38.4 Å². The molecular weight excluding hydrogens is 824 g/mol. The number of hydrogen-bond acceptors (Lipinski definition) is 11. The van der Waals surface area contributed by atoms with E-state index in [1.807, 2.05) is 48.5 Å². The fraction of sp³-hybridized carbons (Fsp3) is 0.511. The highest BCUT2D eigenvalue weighted by molar-refractivity contribution is 6.31. The number of rotatable bonds is 18. The zero-order chi connectivity index (χ0) is 46.1. The minimum absolute atomic E-state index is 0.0317. The molecule has 5 N–H and O–H groups in total. The predicted molar refractivity (Wildman–Crippen MR) is 237 cm³/mol. The molecule has 15 nitrogen and oxygen atoms in total. The molecule has 1 unspecified atom stereocenters. The van der Waals surface area contributed by atoms with Gasteiger partial charge in [0.2, 0.25) is 17.7 Å². The van der Waals surface area contributed by atoms with E-state index in [4.69, 9.17) is 26.3 Å². The summed E-state index contributed by atoms with van der Waals surface area (Å²) in [5.74, 6) is -0.355. The molecule has 5 rings (SSSR count). The normalized spacial score (nSPS) is 20.3. The van der Waals surface area contributed by atoms with Crippen molar-refractivity contribution in [3.05, 3.63) is 88.1 Å². The van der Waals surface area contributed by atoms with Crippen LogP contribution >= 0.6 is 11.6 Å². The highest BCUT2D eigenvalue weighted by Gasteiger charge is 2.64. The highest BCUT2D eigenvalue weighted by Crippen LogP contribution is 2.55. The average molecular weight is 883 g/mol. The van der Waals surface area contributed by atoms with Gasteiger partial charge in [0.25, 0.3) is 5.91 Å². The van der Waals surface area contributed by atoms with Gasteiger partial charge in [-0.15, -0.1) is 0 Å². The van der Waals surface area contributed by atoms with Crippen LogP contribution in [0, 0.1) is 38.9 Å². The number of benzene rings is 2. The molecule has 4 amide bonds. The number of aliphatic hydroxyl groups is 1. The van der Waals surface area contributed by atoms with Gasteiger partial charge in [-0.3, -0.25) is 19.2 Å². The van der Waals surface area contributed by atoms with Crippen molar-refractivity contribution in [3.63, 3.8) is 0 Å². The molecule has 1 saturated heterocycles. The van der Waals surface area contributed by atoms with Crippen molar-refractivity contribution < 1.29 is 33.8 Å². The van der Waals surface area contributed by atoms with Gasteiger partial charge in [0.05, 0.1) is 33.9 Å². The van der Waals surface area contributed by atoms with Gasteiger partial charge in [-0.2, -0.15) is 10.5 Å². The Bertz CT molecular complexity index is 2180. The lowest BCUT2D eigenvalue weighted by molar-refractivity contribution is -0.164. The minimum Gasteiger partial charge on any atom is -0.489 e. The summed E-state index contributed by atoms with van der Waals surface area (Å²) in [6, 6.07) is 17.3.